The molecule has 3 nitrogen and oxygen atoms in total. The first-order valence-electron chi connectivity index (χ1n) is 5.94. The molecule has 0 aliphatic heterocycles. The predicted molar refractivity (Wildman–Crippen MR) is 78.0 cm³/mol. The molecule has 2 rings (SSSR count). The Morgan fingerprint density at radius 2 is 2.06 bits per heavy atom. The van der Waals surface area contributed by atoms with Gasteiger partial charge in [-0.25, -0.2) is 0 Å². The van der Waals surface area contributed by atoms with E-state index in [1.165, 1.54) is 16.4 Å². The van der Waals surface area contributed by atoms with E-state index in [0.717, 1.165) is 5.69 Å². The van der Waals surface area contributed by atoms with Crippen molar-refractivity contribution in [3.8, 4) is 0 Å². The van der Waals surface area contributed by atoms with Gasteiger partial charge in [0.2, 0.25) is 5.91 Å². The van der Waals surface area contributed by atoms with Crippen LogP contribution in [0.15, 0.2) is 24.3 Å². The van der Waals surface area contributed by atoms with Crippen molar-refractivity contribution in [1.29, 1.82) is 0 Å². The second-order valence-electron chi connectivity index (χ2n) is 4.55. The standard InChI is InChI=1S/C13H17IN2O/c1-9(10-2-3-10)16-13(17)8-15-12-6-4-11(14)5-7-12/h4-7,9-10,15H,2-3,8H2,1H3,(H,16,17)/t9-/m0/s1. The van der Waals surface area contributed by atoms with E-state index in [4.69, 9.17) is 0 Å². The molecule has 0 bridgehead atoms. The minimum absolute atomic E-state index is 0.0722. The van der Waals surface area contributed by atoms with E-state index in [0.29, 0.717) is 18.5 Å². The zero-order valence-corrected chi connectivity index (χ0v) is 12.0. The third-order valence-corrected chi connectivity index (χ3v) is 3.73. The molecule has 0 unspecified atom stereocenters. The van der Waals surface area contributed by atoms with Crippen LogP contribution in [0.4, 0.5) is 5.69 Å². The summed E-state index contributed by atoms with van der Waals surface area (Å²) in [6.07, 6.45) is 2.51. The second-order valence-corrected chi connectivity index (χ2v) is 5.80. The summed E-state index contributed by atoms with van der Waals surface area (Å²) in [4.78, 5) is 11.7. The number of carbonyl (C=O) groups is 1. The first-order valence-corrected chi connectivity index (χ1v) is 7.02. The number of halogens is 1. The van der Waals surface area contributed by atoms with Crippen molar-refractivity contribution in [1.82, 2.24) is 5.32 Å². The van der Waals surface area contributed by atoms with Gasteiger partial charge in [-0.2, -0.15) is 0 Å². The largest absolute Gasteiger partial charge is 0.376 e. The lowest BCUT2D eigenvalue weighted by Crippen LogP contribution is -2.37. The highest BCUT2D eigenvalue weighted by atomic mass is 127. The molecule has 17 heavy (non-hydrogen) atoms. The van der Waals surface area contributed by atoms with Gasteiger partial charge in [0.1, 0.15) is 0 Å². The zero-order valence-electron chi connectivity index (χ0n) is 9.87. The molecule has 0 saturated heterocycles. The molecule has 2 N–H and O–H groups in total. The summed E-state index contributed by atoms with van der Waals surface area (Å²) in [5, 5.41) is 6.14. The van der Waals surface area contributed by atoms with Crippen LogP contribution in [0.5, 0.6) is 0 Å². The lowest BCUT2D eigenvalue weighted by atomic mass is 10.2. The molecule has 0 radical (unpaired) electrons. The number of hydrogen-bond donors (Lipinski definition) is 2. The minimum atomic E-state index is 0.0722. The van der Waals surface area contributed by atoms with Crippen molar-refractivity contribution in [2.75, 3.05) is 11.9 Å². The Labute approximate surface area is 116 Å². The average molecular weight is 344 g/mol. The molecule has 1 fully saturated rings. The second kappa shape index (κ2) is 5.71. The van der Waals surface area contributed by atoms with Gasteiger partial charge in [0, 0.05) is 15.3 Å². The summed E-state index contributed by atoms with van der Waals surface area (Å²) in [6, 6.07) is 8.33. The number of benzene rings is 1. The van der Waals surface area contributed by atoms with Crippen LogP contribution in [0, 0.1) is 9.49 Å². The van der Waals surface area contributed by atoms with E-state index < -0.39 is 0 Å². The molecule has 0 aromatic heterocycles. The topological polar surface area (TPSA) is 41.1 Å². The van der Waals surface area contributed by atoms with E-state index >= 15 is 0 Å². The van der Waals surface area contributed by atoms with Crippen molar-refractivity contribution in [3.05, 3.63) is 27.8 Å². The van der Waals surface area contributed by atoms with Gasteiger partial charge in [0.25, 0.3) is 0 Å². The number of anilines is 1. The normalized spacial score (nSPS) is 16.4. The van der Waals surface area contributed by atoms with Crippen molar-refractivity contribution in [3.63, 3.8) is 0 Å². The molecule has 1 saturated carbocycles. The van der Waals surface area contributed by atoms with Gasteiger partial charge < -0.3 is 10.6 Å². The number of amides is 1. The summed E-state index contributed by atoms with van der Waals surface area (Å²) >= 11 is 2.26. The zero-order chi connectivity index (χ0) is 12.3. The molecule has 1 aliphatic rings. The fourth-order valence-corrected chi connectivity index (χ4v) is 2.13. The lowest BCUT2D eigenvalue weighted by molar-refractivity contribution is -0.120. The molecule has 1 aromatic rings. The van der Waals surface area contributed by atoms with Gasteiger partial charge in [-0.3, -0.25) is 4.79 Å². The van der Waals surface area contributed by atoms with Crippen LogP contribution >= 0.6 is 22.6 Å². The molecule has 92 valence electrons. The molecule has 4 heteroatoms. The fraction of sp³-hybridized carbons (Fsp3) is 0.462. The maximum absolute atomic E-state index is 11.7. The van der Waals surface area contributed by atoms with Crippen LogP contribution in [0.1, 0.15) is 19.8 Å². The first kappa shape index (κ1) is 12.7. The van der Waals surface area contributed by atoms with E-state index in [-0.39, 0.29) is 5.91 Å². The SMILES string of the molecule is C[C@H](NC(=O)CNc1ccc(I)cc1)C1CC1. The quantitative estimate of drug-likeness (QED) is 0.807. The molecule has 1 aromatic carbocycles. The Morgan fingerprint density at radius 1 is 1.41 bits per heavy atom. The number of carbonyl (C=O) groups excluding carboxylic acids is 1. The molecule has 1 aliphatic carbocycles. The Kier molecular flexibility index (Phi) is 4.25. The summed E-state index contributed by atoms with van der Waals surface area (Å²) in [5.41, 5.74) is 0.986. The molecule has 1 amide bonds. The third kappa shape index (κ3) is 4.18. The van der Waals surface area contributed by atoms with Crippen LogP contribution in [-0.4, -0.2) is 18.5 Å². The minimum Gasteiger partial charge on any atom is -0.376 e. The summed E-state index contributed by atoms with van der Waals surface area (Å²) in [7, 11) is 0. The van der Waals surface area contributed by atoms with Gasteiger partial charge >= 0.3 is 0 Å². The molecular formula is C13H17IN2O. The van der Waals surface area contributed by atoms with Gasteiger partial charge in [0.05, 0.1) is 6.54 Å². The van der Waals surface area contributed by atoms with Gasteiger partial charge in [0.15, 0.2) is 0 Å². The van der Waals surface area contributed by atoms with Crippen molar-refractivity contribution in [2.45, 2.75) is 25.8 Å². The smallest absolute Gasteiger partial charge is 0.239 e. The molecular weight excluding hydrogens is 327 g/mol. The highest BCUT2D eigenvalue weighted by Crippen LogP contribution is 2.32. The Morgan fingerprint density at radius 3 is 2.65 bits per heavy atom. The van der Waals surface area contributed by atoms with E-state index in [2.05, 4.69) is 40.1 Å². The Hall–Kier alpha value is -0.780. The maximum atomic E-state index is 11.7. The van der Waals surface area contributed by atoms with Crippen LogP contribution in [0.3, 0.4) is 0 Å². The summed E-state index contributed by atoms with van der Waals surface area (Å²) in [5.74, 6) is 0.778. The van der Waals surface area contributed by atoms with Crippen molar-refractivity contribution in [2.24, 2.45) is 5.92 Å². The predicted octanol–water partition coefficient (Wildman–Crippen LogP) is 2.62. The van der Waals surface area contributed by atoms with Gasteiger partial charge in [-0.1, -0.05) is 0 Å². The van der Waals surface area contributed by atoms with Gasteiger partial charge in [-0.05, 0) is 72.5 Å². The number of nitrogens with one attached hydrogen (secondary N) is 2. The monoisotopic (exact) mass is 344 g/mol. The number of hydrogen-bond acceptors (Lipinski definition) is 2. The highest BCUT2D eigenvalue weighted by Gasteiger charge is 2.28. The van der Waals surface area contributed by atoms with E-state index in [1.54, 1.807) is 0 Å². The van der Waals surface area contributed by atoms with Crippen molar-refractivity contribution < 1.29 is 4.79 Å². The van der Waals surface area contributed by atoms with Crippen LogP contribution in [0.25, 0.3) is 0 Å². The van der Waals surface area contributed by atoms with Crippen LogP contribution in [0.2, 0.25) is 0 Å². The molecule has 0 heterocycles. The van der Waals surface area contributed by atoms with Crippen LogP contribution < -0.4 is 10.6 Å². The van der Waals surface area contributed by atoms with E-state index in [1.807, 2.05) is 24.3 Å². The average Bonchev–Trinajstić information content (AvgIpc) is 3.12. The summed E-state index contributed by atoms with van der Waals surface area (Å²) in [6.45, 7) is 2.43. The van der Waals surface area contributed by atoms with Crippen molar-refractivity contribution >= 4 is 34.2 Å². The van der Waals surface area contributed by atoms with Gasteiger partial charge in [-0.15, -0.1) is 0 Å². The fourth-order valence-electron chi connectivity index (χ4n) is 1.77. The summed E-state index contributed by atoms with van der Waals surface area (Å²) < 4.78 is 1.19. The van der Waals surface area contributed by atoms with E-state index in [9.17, 15) is 4.79 Å². The maximum Gasteiger partial charge on any atom is 0.239 e. The lowest BCUT2D eigenvalue weighted by Gasteiger charge is -2.13. The molecule has 0 spiro atoms. The highest BCUT2D eigenvalue weighted by molar-refractivity contribution is 14.1. The van der Waals surface area contributed by atoms with Crippen LogP contribution in [-0.2, 0) is 4.79 Å². The molecule has 1 atom stereocenters. The first-order chi connectivity index (χ1) is 8.15. The Balaban J connectivity index is 1.73. The number of rotatable bonds is 5. The Bertz CT molecular complexity index is 387. The third-order valence-electron chi connectivity index (χ3n) is 3.02.